The summed E-state index contributed by atoms with van der Waals surface area (Å²) >= 11 is 5.82. The van der Waals surface area contributed by atoms with Gasteiger partial charge in [0.15, 0.2) is 0 Å². The summed E-state index contributed by atoms with van der Waals surface area (Å²) in [5, 5.41) is 9.37. The van der Waals surface area contributed by atoms with Crippen LogP contribution in [0.15, 0.2) is 48.5 Å². The van der Waals surface area contributed by atoms with Crippen LogP contribution in [-0.4, -0.2) is 24.4 Å². The van der Waals surface area contributed by atoms with Crippen LogP contribution in [0.2, 0.25) is 5.02 Å². The van der Waals surface area contributed by atoms with E-state index in [1.54, 1.807) is 48.5 Å². The molecule has 0 heterocycles. The fourth-order valence-corrected chi connectivity index (χ4v) is 2.32. The summed E-state index contributed by atoms with van der Waals surface area (Å²) in [6.45, 7) is 0.125. The lowest BCUT2D eigenvalue weighted by Crippen LogP contribution is -2.26. The van der Waals surface area contributed by atoms with Crippen molar-refractivity contribution in [3.05, 3.63) is 59.1 Å². The second kappa shape index (κ2) is 7.36. The standard InChI is InChI=1S/C18H18ClN3O2/c19-13-4-6-14(7-5-13)20-11-17(23)21-16-3-1-2-12(10-16)18(24)22-15-8-9-15/h1-7,10,15,20H,8-9,11H2,(H,21,23)(H,22,24). The van der Waals surface area contributed by atoms with Crippen LogP contribution in [0.5, 0.6) is 0 Å². The van der Waals surface area contributed by atoms with Crippen molar-refractivity contribution >= 4 is 34.8 Å². The predicted octanol–water partition coefficient (Wildman–Crippen LogP) is 3.28. The lowest BCUT2D eigenvalue weighted by Gasteiger charge is -2.09. The van der Waals surface area contributed by atoms with Gasteiger partial charge in [-0.25, -0.2) is 0 Å². The third kappa shape index (κ3) is 4.73. The van der Waals surface area contributed by atoms with Crippen molar-refractivity contribution in [3.8, 4) is 0 Å². The second-order valence-electron chi connectivity index (χ2n) is 5.74. The van der Waals surface area contributed by atoms with Crippen LogP contribution in [-0.2, 0) is 4.79 Å². The largest absolute Gasteiger partial charge is 0.376 e. The van der Waals surface area contributed by atoms with E-state index in [1.165, 1.54) is 0 Å². The van der Waals surface area contributed by atoms with Crippen molar-refractivity contribution < 1.29 is 9.59 Å². The number of rotatable bonds is 6. The Kier molecular flexibility index (Phi) is 5.01. The van der Waals surface area contributed by atoms with Gasteiger partial charge in [0.1, 0.15) is 0 Å². The third-order valence-electron chi connectivity index (χ3n) is 3.62. The number of anilines is 2. The molecule has 0 aromatic heterocycles. The van der Waals surface area contributed by atoms with E-state index >= 15 is 0 Å². The Morgan fingerprint density at radius 3 is 2.50 bits per heavy atom. The highest BCUT2D eigenvalue weighted by molar-refractivity contribution is 6.30. The minimum Gasteiger partial charge on any atom is -0.376 e. The Morgan fingerprint density at radius 2 is 1.79 bits per heavy atom. The van der Waals surface area contributed by atoms with Crippen LogP contribution in [0.3, 0.4) is 0 Å². The van der Waals surface area contributed by atoms with Crippen LogP contribution >= 0.6 is 11.6 Å². The van der Waals surface area contributed by atoms with E-state index in [-0.39, 0.29) is 18.4 Å². The first-order valence-electron chi connectivity index (χ1n) is 7.80. The monoisotopic (exact) mass is 343 g/mol. The first-order chi connectivity index (χ1) is 11.6. The molecule has 1 fully saturated rings. The van der Waals surface area contributed by atoms with E-state index < -0.39 is 0 Å². The number of carbonyl (C=O) groups is 2. The Balaban J connectivity index is 1.53. The number of halogens is 1. The molecule has 0 atom stereocenters. The summed E-state index contributed by atoms with van der Waals surface area (Å²) < 4.78 is 0. The second-order valence-corrected chi connectivity index (χ2v) is 6.17. The summed E-state index contributed by atoms with van der Waals surface area (Å²) in [7, 11) is 0. The number of amides is 2. The van der Waals surface area contributed by atoms with Gasteiger partial charge in [0.25, 0.3) is 5.91 Å². The van der Waals surface area contributed by atoms with E-state index in [1.807, 2.05) is 0 Å². The minimum absolute atomic E-state index is 0.104. The zero-order chi connectivity index (χ0) is 16.9. The number of benzene rings is 2. The molecule has 2 aromatic rings. The van der Waals surface area contributed by atoms with Gasteiger partial charge in [-0.05, 0) is 55.3 Å². The molecule has 3 N–H and O–H groups in total. The third-order valence-corrected chi connectivity index (χ3v) is 3.87. The van der Waals surface area contributed by atoms with Crippen molar-refractivity contribution in [2.75, 3.05) is 17.2 Å². The van der Waals surface area contributed by atoms with Gasteiger partial charge in [0.05, 0.1) is 6.54 Å². The molecule has 0 spiro atoms. The van der Waals surface area contributed by atoms with Gasteiger partial charge in [-0.15, -0.1) is 0 Å². The molecule has 0 unspecified atom stereocenters. The number of carbonyl (C=O) groups excluding carboxylic acids is 2. The van der Waals surface area contributed by atoms with E-state index in [4.69, 9.17) is 11.6 Å². The molecule has 2 amide bonds. The smallest absolute Gasteiger partial charge is 0.251 e. The van der Waals surface area contributed by atoms with Crippen LogP contribution in [0.25, 0.3) is 0 Å². The van der Waals surface area contributed by atoms with E-state index in [9.17, 15) is 9.59 Å². The zero-order valence-electron chi connectivity index (χ0n) is 13.0. The molecule has 1 aliphatic carbocycles. The van der Waals surface area contributed by atoms with Crippen LogP contribution < -0.4 is 16.0 Å². The van der Waals surface area contributed by atoms with Crippen LogP contribution in [0.1, 0.15) is 23.2 Å². The molecule has 5 nitrogen and oxygen atoms in total. The van der Waals surface area contributed by atoms with E-state index in [0.29, 0.717) is 22.3 Å². The molecular weight excluding hydrogens is 326 g/mol. The number of hydrogen-bond acceptors (Lipinski definition) is 3. The average Bonchev–Trinajstić information content (AvgIpc) is 3.38. The van der Waals surface area contributed by atoms with E-state index in [0.717, 1.165) is 18.5 Å². The van der Waals surface area contributed by atoms with Crippen molar-refractivity contribution in [1.82, 2.24) is 5.32 Å². The van der Waals surface area contributed by atoms with Crippen LogP contribution in [0.4, 0.5) is 11.4 Å². The molecule has 2 aromatic carbocycles. The van der Waals surface area contributed by atoms with Crippen molar-refractivity contribution in [1.29, 1.82) is 0 Å². The van der Waals surface area contributed by atoms with Gasteiger partial charge < -0.3 is 16.0 Å². The van der Waals surface area contributed by atoms with Gasteiger partial charge in [0.2, 0.25) is 5.91 Å². The molecule has 0 saturated heterocycles. The summed E-state index contributed by atoms with van der Waals surface area (Å²) in [5.41, 5.74) is 1.96. The zero-order valence-corrected chi connectivity index (χ0v) is 13.8. The Morgan fingerprint density at radius 1 is 1.04 bits per heavy atom. The minimum atomic E-state index is -0.190. The SMILES string of the molecule is O=C(CNc1ccc(Cl)cc1)Nc1cccc(C(=O)NC2CC2)c1. The van der Waals surface area contributed by atoms with Crippen molar-refractivity contribution in [2.45, 2.75) is 18.9 Å². The predicted molar refractivity (Wildman–Crippen MR) is 95.5 cm³/mol. The molecule has 3 rings (SSSR count). The average molecular weight is 344 g/mol. The van der Waals surface area contributed by atoms with Crippen LogP contribution in [0, 0.1) is 0 Å². The topological polar surface area (TPSA) is 70.2 Å². The normalized spacial score (nSPS) is 13.2. The van der Waals surface area contributed by atoms with Gasteiger partial charge in [-0.3, -0.25) is 9.59 Å². The Bertz CT molecular complexity index is 742. The maximum atomic E-state index is 12.0. The first kappa shape index (κ1) is 16.3. The van der Waals surface area contributed by atoms with Gasteiger partial charge in [0, 0.05) is 28.0 Å². The van der Waals surface area contributed by atoms with E-state index in [2.05, 4.69) is 16.0 Å². The molecule has 124 valence electrons. The highest BCUT2D eigenvalue weighted by atomic mass is 35.5. The molecule has 1 saturated carbocycles. The first-order valence-corrected chi connectivity index (χ1v) is 8.18. The van der Waals surface area contributed by atoms with Gasteiger partial charge in [-0.1, -0.05) is 17.7 Å². The molecule has 0 bridgehead atoms. The molecule has 1 aliphatic rings. The highest BCUT2D eigenvalue weighted by Crippen LogP contribution is 2.20. The number of hydrogen-bond donors (Lipinski definition) is 3. The lowest BCUT2D eigenvalue weighted by molar-refractivity contribution is -0.114. The maximum Gasteiger partial charge on any atom is 0.251 e. The summed E-state index contributed by atoms with van der Waals surface area (Å²) in [5.74, 6) is -0.294. The molecule has 6 heteroatoms. The molecule has 24 heavy (non-hydrogen) atoms. The quantitative estimate of drug-likeness (QED) is 0.753. The van der Waals surface area contributed by atoms with Crippen molar-refractivity contribution in [3.63, 3.8) is 0 Å². The van der Waals surface area contributed by atoms with Gasteiger partial charge >= 0.3 is 0 Å². The fourth-order valence-electron chi connectivity index (χ4n) is 2.19. The maximum absolute atomic E-state index is 12.0. The molecule has 0 radical (unpaired) electrons. The highest BCUT2D eigenvalue weighted by Gasteiger charge is 2.23. The number of nitrogens with one attached hydrogen (secondary N) is 3. The lowest BCUT2D eigenvalue weighted by atomic mass is 10.2. The summed E-state index contributed by atoms with van der Waals surface area (Å²) in [6.07, 6.45) is 2.08. The molecular formula is C18H18ClN3O2. The van der Waals surface area contributed by atoms with Crippen molar-refractivity contribution in [2.24, 2.45) is 0 Å². The van der Waals surface area contributed by atoms with Gasteiger partial charge in [-0.2, -0.15) is 0 Å². The summed E-state index contributed by atoms with van der Waals surface area (Å²) in [6, 6.07) is 14.3. The fraction of sp³-hybridized carbons (Fsp3) is 0.222. The summed E-state index contributed by atoms with van der Waals surface area (Å²) in [4.78, 5) is 24.0. The Hall–Kier alpha value is -2.53. The molecule has 0 aliphatic heterocycles. The Labute approximate surface area is 145 Å².